The molecule has 0 heterocycles. The number of hydrogen-bond donors (Lipinski definition) is 1. The summed E-state index contributed by atoms with van der Waals surface area (Å²) in [5, 5.41) is 10.3. The number of aliphatic hydroxyl groups is 1. The Balaban J connectivity index is 2.05. The molecular weight excluding hydrogens is 258 g/mol. The molecule has 0 saturated carbocycles. The van der Waals surface area contributed by atoms with Gasteiger partial charge in [-0.2, -0.15) is 0 Å². The molecule has 3 rings (SSSR count). The second kappa shape index (κ2) is 4.98. The Kier molecular flexibility index (Phi) is 3.30. The van der Waals surface area contributed by atoms with Crippen molar-refractivity contribution in [3.05, 3.63) is 69.8 Å². The number of hydrogen-bond acceptors (Lipinski definition) is 1. The van der Waals surface area contributed by atoms with Crippen molar-refractivity contribution in [3.63, 3.8) is 0 Å². The standard InChI is InChI=1S/C17H16F2O/c1-10-5-8-14(18)15(16(10)19)17(20)13-7-6-11-3-2-4-12(11)9-13/h5-9,17,20H,2-4H2,1H3. The third-order valence-electron chi connectivity index (χ3n) is 4.03. The maximum atomic E-state index is 14.1. The lowest BCUT2D eigenvalue weighted by atomic mass is 9.96. The van der Waals surface area contributed by atoms with Crippen molar-refractivity contribution in [1.82, 2.24) is 0 Å². The van der Waals surface area contributed by atoms with Crippen LogP contribution < -0.4 is 0 Å². The van der Waals surface area contributed by atoms with E-state index in [1.807, 2.05) is 12.1 Å². The lowest BCUT2D eigenvalue weighted by Crippen LogP contribution is -2.07. The Morgan fingerprint density at radius 2 is 1.80 bits per heavy atom. The minimum Gasteiger partial charge on any atom is -0.383 e. The van der Waals surface area contributed by atoms with Crippen molar-refractivity contribution in [3.8, 4) is 0 Å². The molecule has 0 radical (unpaired) electrons. The van der Waals surface area contributed by atoms with E-state index in [0.717, 1.165) is 19.3 Å². The van der Waals surface area contributed by atoms with Gasteiger partial charge in [0.05, 0.1) is 5.56 Å². The molecule has 0 bridgehead atoms. The first-order chi connectivity index (χ1) is 9.58. The van der Waals surface area contributed by atoms with Gasteiger partial charge in [0.15, 0.2) is 0 Å². The molecule has 0 saturated heterocycles. The van der Waals surface area contributed by atoms with E-state index in [1.54, 1.807) is 13.0 Å². The summed E-state index contributed by atoms with van der Waals surface area (Å²) in [6, 6.07) is 8.16. The van der Waals surface area contributed by atoms with Gasteiger partial charge in [0, 0.05) is 0 Å². The van der Waals surface area contributed by atoms with Gasteiger partial charge >= 0.3 is 0 Å². The van der Waals surface area contributed by atoms with Gasteiger partial charge in [-0.25, -0.2) is 8.78 Å². The van der Waals surface area contributed by atoms with Crippen molar-refractivity contribution in [2.75, 3.05) is 0 Å². The van der Waals surface area contributed by atoms with Crippen LogP contribution in [0.1, 0.15) is 40.3 Å². The summed E-state index contributed by atoms with van der Waals surface area (Å²) in [7, 11) is 0. The quantitative estimate of drug-likeness (QED) is 0.882. The molecule has 1 atom stereocenters. The van der Waals surface area contributed by atoms with Crippen LogP contribution in [0, 0.1) is 18.6 Å². The van der Waals surface area contributed by atoms with Gasteiger partial charge in [-0.05, 0) is 54.5 Å². The van der Waals surface area contributed by atoms with E-state index in [9.17, 15) is 13.9 Å². The second-order valence-corrected chi connectivity index (χ2v) is 5.38. The zero-order chi connectivity index (χ0) is 14.3. The highest BCUT2D eigenvalue weighted by Gasteiger charge is 2.22. The molecule has 104 valence electrons. The minimum absolute atomic E-state index is 0.261. The summed E-state index contributed by atoms with van der Waals surface area (Å²) in [6.07, 6.45) is 1.84. The summed E-state index contributed by atoms with van der Waals surface area (Å²) < 4.78 is 27.9. The lowest BCUT2D eigenvalue weighted by molar-refractivity contribution is 0.208. The fraction of sp³-hybridized carbons (Fsp3) is 0.294. The number of aliphatic hydroxyl groups excluding tert-OH is 1. The lowest BCUT2D eigenvalue weighted by Gasteiger charge is -2.15. The van der Waals surface area contributed by atoms with Crippen LogP contribution in [0.25, 0.3) is 0 Å². The molecular formula is C17H16F2O. The number of aryl methyl sites for hydroxylation is 3. The van der Waals surface area contributed by atoms with E-state index in [1.165, 1.54) is 23.3 Å². The molecule has 1 unspecified atom stereocenters. The minimum atomic E-state index is -1.26. The van der Waals surface area contributed by atoms with Crippen LogP contribution in [-0.4, -0.2) is 5.11 Å². The predicted molar refractivity (Wildman–Crippen MR) is 73.6 cm³/mol. The molecule has 3 heteroatoms. The Bertz CT molecular complexity index is 664. The van der Waals surface area contributed by atoms with Crippen molar-refractivity contribution in [1.29, 1.82) is 0 Å². The molecule has 0 spiro atoms. The van der Waals surface area contributed by atoms with Gasteiger partial charge in [0.25, 0.3) is 0 Å². The monoisotopic (exact) mass is 274 g/mol. The number of halogens is 2. The van der Waals surface area contributed by atoms with Crippen molar-refractivity contribution < 1.29 is 13.9 Å². The maximum Gasteiger partial charge on any atom is 0.135 e. The number of benzene rings is 2. The molecule has 0 aliphatic heterocycles. The maximum absolute atomic E-state index is 14.1. The molecule has 1 nitrogen and oxygen atoms in total. The molecule has 1 aliphatic carbocycles. The molecule has 1 aliphatic rings. The molecule has 2 aromatic carbocycles. The number of rotatable bonds is 2. The van der Waals surface area contributed by atoms with E-state index in [4.69, 9.17) is 0 Å². The second-order valence-electron chi connectivity index (χ2n) is 5.38. The fourth-order valence-corrected chi connectivity index (χ4v) is 2.86. The number of fused-ring (bicyclic) bond motifs is 1. The third-order valence-corrected chi connectivity index (χ3v) is 4.03. The largest absolute Gasteiger partial charge is 0.383 e. The van der Waals surface area contributed by atoms with Gasteiger partial charge in [-0.1, -0.05) is 24.3 Å². The SMILES string of the molecule is Cc1ccc(F)c(C(O)c2ccc3c(c2)CCC3)c1F. The Hall–Kier alpha value is -1.74. The third kappa shape index (κ3) is 2.12. The highest BCUT2D eigenvalue weighted by molar-refractivity contribution is 5.40. The van der Waals surface area contributed by atoms with E-state index in [0.29, 0.717) is 11.1 Å². The molecule has 0 amide bonds. The summed E-state index contributed by atoms with van der Waals surface area (Å²) in [5.41, 5.74) is 3.07. The Morgan fingerprint density at radius 3 is 2.60 bits per heavy atom. The molecule has 1 N–H and O–H groups in total. The van der Waals surface area contributed by atoms with Crippen LogP contribution in [0.4, 0.5) is 8.78 Å². The van der Waals surface area contributed by atoms with Gasteiger partial charge in [0.1, 0.15) is 17.7 Å². The first-order valence-electron chi connectivity index (χ1n) is 6.82. The van der Waals surface area contributed by atoms with Crippen molar-refractivity contribution in [2.24, 2.45) is 0 Å². The fourth-order valence-electron chi connectivity index (χ4n) is 2.86. The van der Waals surface area contributed by atoms with Gasteiger partial charge in [-0.15, -0.1) is 0 Å². The average Bonchev–Trinajstić information content (AvgIpc) is 2.90. The van der Waals surface area contributed by atoms with Crippen LogP contribution in [0.15, 0.2) is 30.3 Å². The van der Waals surface area contributed by atoms with Crippen LogP contribution in [0.2, 0.25) is 0 Å². The first kappa shape index (κ1) is 13.3. The Labute approximate surface area is 116 Å². The summed E-state index contributed by atoms with van der Waals surface area (Å²) in [4.78, 5) is 0. The van der Waals surface area contributed by atoms with Crippen LogP contribution >= 0.6 is 0 Å². The summed E-state index contributed by atoms with van der Waals surface area (Å²) in [5.74, 6) is -1.38. The molecule has 0 fully saturated rings. The average molecular weight is 274 g/mol. The van der Waals surface area contributed by atoms with Crippen LogP contribution in [0.3, 0.4) is 0 Å². The first-order valence-corrected chi connectivity index (χ1v) is 6.82. The van der Waals surface area contributed by atoms with Crippen molar-refractivity contribution in [2.45, 2.75) is 32.3 Å². The van der Waals surface area contributed by atoms with Crippen LogP contribution in [0.5, 0.6) is 0 Å². The van der Waals surface area contributed by atoms with E-state index >= 15 is 0 Å². The summed E-state index contributed by atoms with van der Waals surface area (Å²) >= 11 is 0. The van der Waals surface area contributed by atoms with Gasteiger partial charge < -0.3 is 5.11 Å². The molecule has 2 aromatic rings. The van der Waals surface area contributed by atoms with E-state index < -0.39 is 17.7 Å². The Morgan fingerprint density at radius 1 is 1.05 bits per heavy atom. The molecule has 20 heavy (non-hydrogen) atoms. The van der Waals surface area contributed by atoms with Crippen LogP contribution in [-0.2, 0) is 12.8 Å². The highest BCUT2D eigenvalue weighted by Crippen LogP contribution is 2.31. The predicted octanol–water partition coefficient (Wildman–Crippen LogP) is 3.84. The smallest absolute Gasteiger partial charge is 0.135 e. The molecule has 0 aromatic heterocycles. The normalized spacial score (nSPS) is 15.2. The van der Waals surface area contributed by atoms with Crippen molar-refractivity contribution >= 4 is 0 Å². The topological polar surface area (TPSA) is 20.2 Å². The van der Waals surface area contributed by atoms with Gasteiger partial charge in [-0.3, -0.25) is 0 Å². The zero-order valence-corrected chi connectivity index (χ0v) is 11.3. The zero-order valence-electron chi connectivity index (χ0n) is 11.3. The highest BCUT2D eigenvalue weighted by atomic mass is 19.1. The summed E-state index contributed by atoms with van der Waals surface area (Å²) in [6.45, 7) is 1.56. The van der Waals surface area contributed by atoms with E-state index in [2.05, 4.69) is 0 Å². The van der Waals surface area contributed by atoms with E-state index in [-0.39, 0.29) is 5.56 Å². The van der Waals surface area contributed by atoms with Gasteiger partial charge in [0.2, 0.25) is 0 Å².